The van der Waals surface area contributed by atoms with Gasteiger partial charge in [0.1, 0.15) is 6.10 Å². The number of β-amino-alcohol motifs (C(OH)–C–C–N with tert-alkyl or cyclic N) is 1. The Morgan fingerprint density at radius 2 is 2.00 bits per heavy atom. The van der Waals surface area contributed by atoms with Crippen LogP contribution in [0.1, 0.15) is 32.3 Å². The number of nitrogens with one attached hydrogen (secondary N) is 1. The molecular weight excluding hydrogens is 304 g/mol. The smallest absolute Gasteiger partial charge is 0.248 e. The summed E-state index contributed by atoms with van der Waals surface area (Å²) in [6.07, 6.45) is 1.30. The molecule has 1 aromatic rings. The van der Waals surface area contributed by atoms with E-state index in [0.717, 1.165) is 24.6 Å². The van der Waals surface area contributed by atoms with Gasteiger partial charge in [-0.3, -0.25) is 4.79 Å². The van der Waals surface area contributed by atoms with Gasteiger partial charge in [-0.15, -0.1) is 0 Å². The first-order valence-corrected chi connectivity index (χ1v) is 8.88. The predicted molar refractivity (Wildman–Crippen MR) is 94.5 cm³/mol. The Bertz CT molecular complexity index is 487. The first kappa shape index (κ1) is 18.9. The molecule has 0 saturated carbocycles. The van der Waals surface area contributed by atoms with E-state index in [9.17, 15) is 9.90 Å². The molecule has 2 atom stereocenters. The molecule has 1 heterocycles. The van der Waals surface area contributed by atoms with E-state index in [1.807, 2.05) is 30.3 Å². The summed E-state index contributed by atoms with van der Waals surface area (Å²) >= 11 is 0. The summed E-state index contributed by atoms with van der Waals surface area (Å²) in [6, 6.07) is 9.77. The maximum atomic E-state index is 12.0. The van der Waals surface area contributed by atoms with Gasteiger partial charge in [0.15, 0.2) is 0 Å². The van der Waals surface area contributed by atoms with Gasteiger partial charge < -0.3 is 20.1 Å². The molecule has 2 unspecified atom stereocenters. The van der Waals surface area contributed by atoms with E-state index in [-0.39, 0.29) is 12.5 Å². The molecule has 5 heteroatoms. The van der Waals surface area contributed by atoms with E-state index in [4.69, 9.17) is 4.74 Å². The van der Waals surface area contributed by atoms with Crippen molar-refractivity contribution in [3.05, 3.63) is 35.9 Å². The van der Waals surface area contributed by atoms with E-state index in [2.05, 4.69) is 17.1 Å². The van der Waals surface area contributed by atoms with Crippen LogP contribution >= 0.6 is 0 Å². The number of amides is 1. The Balaban J connectivity index is 1.62. The van der Waals surface area contributed by atoms with Crippen molar-refractivity contribution in [3.8, 4) is 0 Å². The van der Waals surface area contributed by atoms with E-state index < -0.39 is 12.2 Å². The van der Waals surface area contributed by atoms with Crippen LogP contribution in [0.4, 0.5) is 0 Å². The third-order valence-electron chi connectivity index (χ3n) is 4.57. The second kappa shape index (κ2) is 9.77. The quantitative estimate of drug-likeness (QED) is 0.761. The minimum absolute atomic E-state index is 0.183. The van der Waals surface area contributed by atoms with Crippen LogP contribution in [0.15, 0.2) is 30.3 Å². The molecule has 0 spiro atoms. The maximum absolute atomic E-state index is 12.0. The molecule has 24 heavy (non-hydrogen) atoms. The predicted octanol–water partition coefficient (Wildman–Crippen LogP) is 1.80. The molecule has 0 aromatic heterocycles. The lowest BCUT2D eigenvalue weighted by molar-refractivity contribution is -0.133. The topological polar surface area (TPSA) is 61.8 Å². The SMILES string of the molecule is CC1CCN(CC(O)CNC(=O)C(C)OCc2ccccc2)CC1. The van der Waals surface area contributed by atoms with E-state index >= 15 is 0 Å². The number of nitrogens with zero attached hydrogens (tertiary/aromatic N) is 1. The highest BCUT2D eigenvalue weighted by molar-refractivity contribution is 5.80. The summed E-state index contributed by atoms with van der Waals surface area (Å²) in [5, 5.41) is 12.9. The third-order valence-corrected chi connectivity index (χ3v) is 4.57. The fourth-order valence-electron chi connectivity index (χ4n) is 2.84. The Morgan fingerprint density at radius 3 is 2.67 bits per heavy atom. The average Bonchev–Trinajstić information content (AvgIpc) is 2.60. The van der Waals surface area contributed by atoms with Crippen molar-refractivity contribution in [3.63, 3.8) is 0 Å². The van der Waals surface area contributed by atoms with Crippen LogP contribution in [-0.2, 0) is 16.1 Å². The summed E-state index contributed by atoms with van der Waals surface area (Å²) in [5.74, 6) is 0.595. The van der Waals surface area contributed by atoms with Crippen molar-refractivity contribution < 1.29 is 14.6 Å². The summed E-state index contributed by atoms with van der Waals surface area (Å²) in [4.78, 5) is 14.3. The van der Waals surface area contributed by atoms with Gasteiger partial charge in [0.2, 0.25) is 5.91 Å². The lowest BCUT2D eigenvalue weighted by Gasteiger charge is -2.31. The molecule has 0 bridgehead atoms. The van der Waals surface area contributed by atoms with Crippen LogP contribution in [0.3, 0.4) is 0 Å². The molecule has 5 nitrogen and oxygen atoms in total. The highest BCUT2D eigenvalue weighted by Crippen LogP contribution is 2.15. The van der Waals surface area contributed by atoms with Crippen molar-refractivity contribution in [2.24, 2.45) is 5.92 Å². The molecule has 1 aromatic carbocycles. The zero-order valence-corrected chi connectivity index (χ0v) is 14.8. The zero-order valence-electron chi connectivity index (χ0n) is 14.8. The first-order chi connectivity index (χ1) is 11.5. The first-order valence-electron chi connectivity index (χ1n) is 8.88. The number of ether oxygens (including phenoxy) is 1. The van der Waals surface area contributed by atoms with Crippen LogP contribution in [0.5, 0.6) is 0 Å². The normalized spacial score (nSPS) is 19.0. The molecule has 1 saturated heterocycles. The third kappa shape index (κ3) is 6.59. The summed E-state index contributed by atoms with van der Waals surface area (Å²) in [7, 11) is 0. The van der Waals surface area contributed by atoms with Crippen molar-refractivity contribution >= 4 is 5.91 Å². The molecule has 2 N–H and O–H groups in total. The molecule has 1 fully saturated rings. The fourth-order valence-corrected chi connectivity index (χ4v) is 2.84. The Kier molecular flexibility index (Phi) is 7.69. The number of carbonyl (C=O) groups is 1. The van der Waals surface area contributed by atoms with Crippen molar-refractivity contribution in [1.82, 2.24) is 10.2 Å². The number of piperidine rings is 1. The van der Waals surface area contributed by atoms with Gasteiger partial charge in [-0.25, -0.2) is 0 Å². The van der Waals surface area contributed by atoms with E-state index in [1.54, 1.807) is 6.92 Å². The standard InChI is InChI=1S/C19H30N2O3/c1-15-8-10-21(11-9-15)13-18(22)12-20-19(23)16(2)24-14-17-6-4-3-5-7-17/h3-7,15-16,18,22H,8-14H2,1-2H3,(H,20,23). The largest absolute Gasteiger partial charge is 0.390 e. The molecule has 1 aliphatic heterocycles. The van der Waals surface area contributed by atoms with Gasteiger partial charge in [0, 0.05) is 13.1 Å². The Labute approximate surface area is 145 Å². The number of benzene rings is 1. The Morgan fingerprint density at radius 1 is 1.33 bits per heavy atom. The van der Waals surface area contributed by atoms with Crippen LogP contribution in [0, 0.1) is 5.92 Å². The van der Waals surface area contributed by atoms with Gasteiger partial charge in [-0.1, -0.05) is 37.3 Å². The number of hydrogen-bond donors (Lipinski definition) is 2. The van der Waals surface area contributed by atoms with Crippen LogP contribution < -0.4 is 5.32 Å². The van der Waals surface area contributed by atoms with Crippen molar-refractivity contribution in [1.29, 1.82) is 0 Å². The summed E-state index contributed by atoms with van der Waals surface area (Å²) < 4.78 is 5.58. The molecular formula is C19H30N2O3. The van der Waals surface area contributed by atoms with Gasteiger partial charge in [0.25, 0.3) is 0 Å². The second-order valence-electron chi connectivity index (χ2n) is 6.82. The van der Waals surface area contributed by atoms with Crippen molar-refractivity contribution in [2.75, 3.05) is 26.2 Å². The van der Waals surface area contributed by atoms with Gasteiger partial charge in [-0.2, -0.15) is 0 Å². The van der Waals surface area contributed by atoms with Crippen LogP contribution in [-0.4, -0.2) is 54.3 Å². The van der Waals surface area contributed by atoms with Crippen LogP contribution in [0.2, 0.25) is 0 Å². The molecule has 2 rings (SSSR count). The van der Waals surface area contributed by atoms with Crippen molar-refractivity contribution in [2.45, 2.75) is 45.5 Å². The minimum atomic E-state index is -0.538. The van der Waals surface area contributed by atoms with Gasteiger partial charge in [-0.05, 0) is 44.3 Å². The number of aliphatic hydroxyl groups is 1. The van der Waals surface area contributed by atoms with E-state index in [0.29, 0.717) is 13.2 Å². The maximum Gasteiger partial charge on any atom is 0.248 e. The molecule has 0 aliphatic carbocycles. The lowest BCUT2D eigenvalue weighted by Crippen LogP contribution is -2.44. The minimum Gasteiger partial charge on any atom is -0.390 e. The molecule has 1 amide bonds. The molecule has 0 radical (unpaired) electrons. The average molecular weight is 334 g/mol. The number of likely N-dealkylation sites (tertiary alicyclic amines) is 1. The molecule has 134 valence electrons. The lowest BCUT2D eigenvalue weighted by atomic mass is 9.99. The zero-order chi connectivity index (χ0) is 17.4. The van der Waals surface area contributed by atoms with Gasteiger partial charge in [0.05, 0.1) is 12.7 Å². The number of rotatable bonds is 8. The fraction of sp³-hybridized carbons (Fsp3) is 0.632. The van der Waals surface area contributed by atoms with E-state index in [1.165, 1.54) is 12.8 Å². The summed E-state index contributed by atoms with van der Waals surface area (Å²) in [6.45, 7) is 7.35. The number of aliphatic hydroxyl groups excluding tert-OH is 1. The monoisotopic (exact) mass is 334 g/mol. The number of carbonyl (C=O) groups excluding carboxylic acids is 1. The Hall–Kier alpha value is -1.43. The van der Waals surface area contributed by atoms with Gasteiger partial charge >= 0.3 is 0 Å². The second-order valence-corrected chi connectivity index (χ2v) is 6.82. The highest BCUT2D eigenvalue weighted by Gasteiger charge is 2.19. The molecule has 1 aliphatic rings. The van der Waals surface area contributed by atoms with Crippen LogP contribution in [0.25, 0.3) is 0 Å². The number of hydrogen-bond acceptors (Lipinski definition) is 4. The summed E-state index contributed by atoms with van der Waals surface area (Å²) in [5.41, 5.74) is 1.04. The highest BCUT2D eigenvalue weighted by atomic mass is 16.5.